The van der Waals surface area contributed by atoms with Crippen LogP contribution >= 0.6 is 0 Å². The number of carbonyl (C=O) groups excluding carboxylic acids is 2. The highest BCUT2D eigenvalue weighted by Gasteiger charge is 2.43. The Morgan fingerprint density at radius 2 is 1.94 bits per heavy atom. The fraction of sp³-hybridized carbons (Fsp3) is 0.769. The monoisotopic (exact) mass is 432 g/mol. The number of allylic oxidation sites excluding steroid dienone is 3. The predicted molar refractivity (Wildman–Crippen MR) is 120 cm³/mol. The summed E-state index contributed by atoms with van der Waals surface area (Å²) in [6.45, 7) is 12.2. The van der Waals surface area contributed by atoms with E-state index in [0.29, 0.717) is 24.2 Å². The zero-order valence-electron chi connectivity index (χ0n) is 20.0. The van der Waals surface area contributed by atoms with Crippen molar-refractivity contribution in [1.82, 2.24) is 0 Å². The number of esters is 2. The molecule has 5 nitrogen and oxygen atoms in total. The number of cyclic esters (lactones) is 1. The van der Waals surface area contributed by atoms with E-state index in [1.807, 2.05) is 27.7 Å². The number of hydrogen-bond acceptors (Lipinski definition) is 5. The summed E-state index contributed by atoms with van der Waals surface area (Å²) in [6, 6.07) is 0. The Hall–Kier alpha value is -1.62. The van der Waals surface area contributed by atoms with Crippen LogP contribution in [0.15, 0.2) is 23.8 Å². The number of hydrogen-bond donors (Lipinski definition) is 1. The van der Waals surface area contributed by atoms with Crippen LogP contribution in [-0.4, -0.2) is 29.4 Å². The van der Waals surface area contributed by atoms with E-state index >= 15 is 0 Å². The van der Waals surface area contributed by atoms with Crippen LogP contribution in [0.5, 0.6) is 0 Å². The lowest BCUT2D eigenvalue weighted by Crippen LogP contribution is -2.43. The molecule has 0 amide bonds. The minimum absolute atomic E-state index is 0.110. The molecule has 8 atom stereocenters. The molecular formula is C26H40O5. The summed E-state index contributed by atoms with van der Waals surface area (Å²) in [6.07, 6.45) is 9.60. The van der Waals surface area contributed by atoms with Crippen LogP contribution in [0.4, 0.5) is 0 Å². The lowest BCUT2D eigenvalue weighted by Gasteiger charge is -2.44. The third-order valence-corrected chi connectivity index (χ3v) is 8.00. The van der Waals surface area contributed by atoms with Crippen molar-refractivity contribution in [3.8, 4) is 0 Å². The van der Waals surface area contributed by atoms with Gasteiger partial charge in [-0.05, 0) is 68.8 Å². The minimum atomic E-state index is -0.992. The molecule has 0 radical (unpaired) electrons. The molecule has 1 aliphatic heterocycles. The van der Waals surface area contributed by atoms with E-state index in [2.05, 4.69) is 32.1 Å². The quantitative estimate of drug-likeness (QED) is 0.596. The van der Waals surface area contributed by atoms with Gasteiger partial charge in [0.25, 0.3) is 0 Å². The molecule has 1 heterocycles. The number of rotatable bonds is 6. The Bertz CT molecular complexity index is 736. The standard InChI is InChI=1S/C26H40O5/c1-7-26(5,6)25(29)30-21-13-15(2)12-19-9-8-16(3)20(23(19)21)11-10-18-14-22(27)31-24(28)17(18)4/h8-9,12,15-18,20-23,27H,7,10-11,13-14H2,1-6H3/t15-,16-,17+,18+,20-,21-,22+,23-/m0/s1. The third kappa shape index (κ3) is 5.24. The maximum atomic E-state index is 12.9. The first-order valence-electron chi connectivity index (χ1n) is 12.0. The van der Waals surface area contributed by atoms with Crippen LogP contribution in [0.3, 0.4) is 0 Å². The normalized spacial score (nSPS) is 38.2. The highest BCUT2D eigenvalue weighted by Crippen LogP contribution is 2.46. The topological polar surface area (TPSA) is 72.8 Å². The predicted octanol–water partition coefficient (Wildman–Crippen LogP) is 5.04. The maximum absolute atomic E-state index is 12.9. The molecule has 0 spiro atoms. The van der Waals surface area contributed by atoms with E-state index in [1.165, 1.54) is 5.57 Å². The van der Waals surface area contributed by atoms with Crippen molar-refractivity contribution in [2.45, 2.75) is 86.0 Å². The van der Waals surface area contributed by atoms with Crippen LogP contribution in [0.2, 0.25) is 0 Å². The molecule has 1 saturated heterocycles. The van der Waals surface area contributed by atoms with Crippen molar-refractivity contribution in [1.29, 1.82) is 0 Å². The fourth-order valence-electron chi connectivity index (χ4n) is 5.38. The van der Waals surface area contributed by atoms with Crippen molar-refractivity contribution < 1.29 is 24.2 Å². The molecule has 0 unspecified atom stereocenters. The molecule has 0 aromatic carbocycles. The Morgan fingerprint density at radius 1 is 1.23 bits per heavy atom. The number of carbonyl (C=O) groups is 2. The zero-order valence-corrected chi connectivity index (χ0v) is 20.0. The number of aliphatic hydroxyl groups is 1. The van der Waals surface area contributed by atoms with Crippen LogP contribution in [-0.2, 0) is 19.1 Å². The van der Waals surface area contributed by atoms with Gasteiger partial charge in [-0.1, -0.05) is 45.9 Å². The summed E-state index contributed by atoms with van der Waals surface area (Å²) >= 11 is 0. The first-order chi connectivity index (χ1) is 14.5. The molecular weight excluding hydrogens is 392 g/mol. The van der Waals surface area contributed by atoms with Gasteiger partial charge < -0.3 is 14.6 Å². The molecule has 174 valence electrons. The molecule has 0 aromatic rings. The first kappa shape index (κ1) is 24.0. The van der Waals surface area contributed by atoms with Crippen molar-refractivity contribution in [2.75, 3.05) is 0 Å². The van der Waals surface area contributed by atoms with Gasteiger partial charge in [0.1, 0.15) is 6.10 Å². The lowest BCUT2D eigenvalue weighted by atomic mass is 9.64. The summed E-state index contributed by atoms with van der Waals surface area (Å²) in [4.78, 5) is 24.9. The molecule has 3 aliphatic rings. The highest BCUT2D eigenvalue weighted by molar-refractivity contribution is 5.76. The lowest BCUT2D eigenvalue weighted by molar-refractivity contribution is -0.190. The van der Waals surface area contributed by atoms with Crippen molar-refractivity contribution >= 4 is 11.9 Å². The molecule has 0 aromatic heterocycles. The Kier molecular flexibility index (Phi) is 7.35. The second kappa shape index (κ2) is 9.48. The Morgan fingerprint density at radius 3 is 2.61 bits per heavy atom. The van der Waals surface area contributed by atoms with Gasteiger partial charge in [0.2, 0.25) is 6.29 Å². The number of ether oxygens (including phenoxy) is 2. The smallest absolute Gasteiger partial charge is 0.311 e. The van der Waals surface area contributed by atoms with E-state index in [1.54, 1.807) is 0 Å². The van der Waals surface area contributed by atoms with E-state index in [-0.39, 0.29) is 35.8 Å². The first-order valence-corrected chi connectivity index (χ1v) is 12.0. The van der Waals surface area contributed by atoms with E-state index in [4.69, 9.17) is 9.47 Å². The third-order valence-electron chi connectivity index (χ3n) is 8.00. The van der Waals surface area contributed by atoms with E-state index in [0.717, 1.165) is 25.7 Å². The van der Waals surface area contributed by atoms with E-state index < -0.39 is 11.7 Å². The maximum Gasteiger partial charge on any atom is 0.311 e. The van der Waals surface area contributed by atoms with Gasteiger partial charge in [-0.15, -0.1) is 0 Å². The van der Waals surface area contributed by atoms with Crippen molar-refractivity contribution in [3.05, 3.63) is 23.8 Å². The van der Waals surface area contributed by atoms with Gasteiger partial charge in [0.05, 0.1) is 11.3 Å². The van der Waals surface area contributed by atoms with Crippen LogP contribution in [0.1, 0.15) is 73.6 Å². The number of fused-ring (bicyclic) bond motifs is 1. The average molecular weight is 433 g/mol. The van der Waals surface area contributed by atoms with Gasteiger partial charge >= 0.3 is 11.9 Å². The Labute approximate surface area is 187 Å². The minimum Gasteiger partial charge on any atom is -0.461 e. The van der Waals surface area contributed by atoms with Crippen LogP contribution in [0.25, 0.3) is 0 Å². The van der Waals surface area contributed by atoms with Gasteiger partial charge in [-0.25, -0.2) is 0 Å². The van der Waals surface area contributed by atoms with Crippen LogP contribution < -0.4 is 0 Å². The SMILES string of the molecule is CCC(C)(C)C(=O)O[C@H]1C[C@@H](C)C=C2C=C[C@H](C)[C@H](CC[C@@H]3C[C@H](O)OC(=O)[C@@H]3C)[C@H]21. The molecule has 31 heavy (non-hydrogen) atoms. The van der Waals surface area contributed by atoms with E-state index in [9.17, 15) is 14.7 Å². The summed E-state index contributed by atoms with van der Waals surface area (Å²) in [7, 11) is 0. The van der Waals surface area contributed by atoms with Gasteiger partial charge in [0, 0.05) is 12.3 Å². The summed E-state index contributed by atoms with van der Waals surface area (Å²) in [5, 5.41) is 9.89. The largest absolute Gasteiger partial charge is 0.461 e. The molecule has 1 N–H and O–H groups in total. The van der Waals surface area contributed by atoms with Crippen LogP contribution in [0, 0.1) is 40.9 Å². The molecule has 3 rings (SSSR count). The summed E-state index contributed by atoms with van der Waals surface area (Å²) in [5.41, 5.74) is 0.801. The molecule has 5 heteroatoms. The molecule has 1 fully saturated rings. The number of aliphatic hydroxyl groups excluding tert-OH is 1. The summed E-state index contributed by atoms with van der Waals surface area (Å²) in [5.74, 6) is 0.768. The van der Waals surface area contributed by atoms with Gasteiger partial charge in [0.15, 0.2) is 0 Å². The van der Waals surface area contributed by atoms with Gasteiger partial charge in [-0.2, -0.15) is 0 Å². The highest BCUT2D eigenvalue weighted by atomic mass is 16.6. The second-order valence-electron chi connectivity index (χ2n) is 10.7. The summed E-state index contributed by atoms with van der Waals surface area (Å²) < 4.78 is 11.2. The second-order valence-corrected chi connectivity index (χ2v) is 10.7. The van der Waals surface area contributed by atoms with Gasteiger partial charge in [-0.3, -0.25) is 9.59 Å². The molecule has 0 bridgehead atoms. The van der Waals surface area contributed by atoms with Crippen molar-refractivity contribution in [2.24, 2.45) is 40.9 Å². The molecule has 2 aliphatic carbocycles. The zero-order chi connectivity index (χ0) is 22.9. The Balaban J connectivity index is 1.78. The fourth-order valence-corrected chi connectivity index (χ4v) is 5.38. The average Bonchev–Trinajstić information content (AvgIpc) is 2.70. The van der Waals surface area contributed by atoms with Crippen molar-refractivity contribution in [3.63, 3.8) is 0 Å². The molecule has 0 saturated carbocycles.